The monoisotopic (exact) mass is 521 g/mol. The van der Waals surface area contributed by atoms with Gasteiger partial charge in [0.25, 0.3) is 0 Å². The lowest BCUT2D eigenvalue weighted by Gasteiger charge is -2.12. The van der Waals surface area contributed by atoms with Gasteiger partial charge in [0.2, 0.25) is 5.89 Å². The van der Waals surface area contributed by atoms with Crippen LogP contribution < -0.4 is 15.4 Å². The zero-order valence-electron chi connectivity index (χ0n) is 16.8. The van der Waals surface area contributed by atoms with Gasteiger partial charge in [0.05, 0.1) is 7.11 Å². The van der Waals surface area contributed by atoms with E-state index in [1.165, 1.54) is 0 Å². The number of hydrogen-bond acceptors (Lipinski definition) is 5. The van der Waals surface area contributed by atoms with Crippen molar-refractivity contribution in [3.63, 3.8) is 0 Å². The number of ether oxygens (including phenoxy) is 1. The molecule has 0 aliphatic heterocycles. The van der Waals surface area contributed by atoms with Crippen LogP contribution in [0.1, 0.15) is 43.5 Å². The molecule has 0 amide bonds. The van der Waals surface area contributed by atoms with Gasteiger partial charge in [0.1, 0.15) is 5.75 Å². The summed E-state index contributed by atoms with van der Waals surface area (Å²) in [4.78, 5) is 8.61. The van der Waals surface area contributed by atoms with E-state index in [2.05, 4.69) is 25.8 Å². The quantitative estimate of drug-likeness (QED) is 0.226. The van der Waals surface area contributed by atoms with Gasteiger partial charge < -0.3 is 19.9 Å². The Morgan fingerprint density at radius 1 is 1.25 bits per heavy atom. The van der Waals surface area contributed by atoms with Crippen molar-refractivity contribution in [1.82, 2.24) is 20.8 Å². The Kier molecular flexibility index (Phi) is 11.2. The molecule has 0 saturated carbocycles. The zero-order valence-corrected chi connectivity index (χ0v) is 19.9. The molecule has 0 spiro atoms. The van der Waals surface area contributed by atoms with Crippen molar-refractivity contribution in [3.8, 4) is 5.75 Å². The molecule has 9 heteroatoms. The molecule has 0 radical (unpaired) electrons. The highest BCUT2D eigenvalue weighted by Crippen LogP contribution is 2.22. The van der Waals surface area contributed by atoms with E-state index in [0.717, 1.165) is 55.4 Å². The van der Waals surface area contributed by atoms with Crippen LogP contribution in [0.2, 0.25) is 5.02 Å². The second kappa shape index (κ2) is 12.8. The summed E-state index contributed by atoms with van der Waals surface area (Å²) < 4.78 is 10.4. The summed E-state index contributed by atoms with van der Waals surface area (Å²) in [6.45, 7) is 5.59. The van der Waals surface area contributed by atoms with Crippen molar-refractivity contribution in [3.05, 3.63) is 40.5 Å². The highest BCUT2D eigenvalue weighted by molar-refractivity contribution is 14.0. The third-order valence-corrected chi connectivity index (χ3v) is 4.38. The van der Waals surface area contributed by atoms with Gasteiger partial charge in [-0.3, -0.25) is 4.99 Å². The number of halogens is 2. The van der Waals surface area contributed by atoms with Crippen molar-refractivity contribution in [2.75, 3.05) is 27.2 Å². The summed E-state index contributed by atoms with van der Waals surface area (Å²) >= 11 is 6.27. The van der Waals surface area contributed by atoms with Gasteiger partial charge in [0, 0.05) is 37.5 Å². The summed E-state index contributed by atoms with van der Waals surface area (Å²) in [7, 11) is 3.38. The van der Waals surface area contributed by atoms with E-state index in [-0.39, 0.29) is 29.9 Å². The molecule has 0 fully saturated rings. The summed E-state index contributed by atoms with van der Waals surface area (Å²) in [6, 6.07) is 5.72. The Hall–Kier alpha value is -1.55. The van der Waals surface area contributed by atoms with Crippen LogP contribution in [0.25, 0.3) is 0 Å². The van der Waals surface area contributed by atoms with E-state index in [9.17, 15) is 0 Å². The van der Waals surface area contributed by atoms with Crippen LogP contribution in [0.4, 0.5) is 0 Å². The smallest absolute Gasteiger partial charge is 0.226 e. The molecule has 0 saturated heterocycles. The zero-order chi connectivity index (χ0) is 19.6. The van der Waals surface area contributed by atoms with Gasteiger partial charge >= 0.3 is 0 Å². The van der Waals surface area contributed by atoms with Crippen molar-refractivity contribution < 1.29 is 9.26 Å². The standard InChI is InChI=1S/C19H28ClN5O2.HI/c1-13(2)18-24-17(27-25-18)6-5-10-22-19(21-3)23-11-9-14-7-8-15(26-4)12-16(14)20;/h7-8,12-13H,5-6,9-11H2,1-4H3,(H2,21,22,23);1H. The van der Waals surface area contributed by atoms with Gasteiger partial charge in [-0.2, -0.15) is 4.98 Å². The number of aromatic nitrogens is 2. The third kappa shape index (κ3) is 7.83. The minimum absolute atomic E-state index is 0. The number of nitrogens with zero attached hydrogens (tertiary/aromatic N) is 3. The predicted octanol–water partition coefficient (Wildman–Crippen LogP) is 3.81. The summed E-state index contributed by atoms with van der Waals surface area (Å²) in [5.74, 6) is 3.23. The lowest BCUT2D eigenvalue weighted by atomic mass is 10.1. The number of methoxy groups -OCH3 is 1. The average Bonchev–Trinajstić information content (AvgIpc) is 3.14. The van der Waals surface area contributed by atoms with Crippen LogP contribution in [0, 0.1) is 0 Å². The summed E-state index contributed by atoms with van der Waals surface area (Å²) in [6.07, 6.45) is 2.42. The van der Waals surface area contributed by atoms with Gasteiger partial charge in [-0.15, -0.1) is 24.0 Å². The van der Waals surface area contributed by atoms with Crippen LogP contribution in [0.5, 0.6) is 5.75 Å². The first-order valence-corrected chi connectivity index (χ1v) is 9.50. The molecule has 1 aromatic carbocycles. The SMILES string of the molecule is CN=C(NCCCc1nc(C(C)C)no1)NCCc1ccc(OC)cc1Cl.I. The molecule has 0 bridgehead atoms. The molecule has 28 heavy (non-hydrogen) atoms. The maximum atomic E-state index is 6.27. The number of nitrogens with one attached hydrogen (secondary N) is 2. The van der Waals surface area contributed by atoms with Crippen LogP contribution in [-0.2, 0) is 12.8 Å². The molecule has 0 unspecified atom stereocenters. The molecule has 156 valence electrons. The summed E-state index contributed by atoms with van der Waals surface area (Å²) in [5, 5.41) is 11.3. The molecule has 1 heterocycles. The molecule has 1 aromatic heterocycles. The first-order valence-electron chi connectivity index (χ1n) is 9.13. The minimum Gasteiger partial charge on any atom is -0.497 e. The van der Waals surface area contributed by atoms with Crippen molar-refractivity contribution in [2.45, 2.75) is 39.0 Å². The van der Waals surface area contributed by atoms with Gasteiger partial charge in [-0.05, 0) is 30.5 Å². The number of benzene rings is 1. The van der Waals surface area contributed by atoms with Crippen LogP contribution in [-0.4, -0.2) is 43.3 Å². The molecular formula is C19H29ClIN5O2. The second-order valence-electron chi connectivity index (χ2n) is 6.44. The number of aryl methyl sites for hydroxylation is 1. The van der Waals surface area contributed by atoms with Crippen molar-refractivity contribution in [2.24, 2.45) is 4.99 Å². The first-order chi connectivity index (χ1) is 13.0. The lowest BCUT2D eigenvalue weighted by Crippen LogP contribution is -2.38. The van der Waals surface area contributed by atoms with Gasteiger partial charge in [-0.1, -0.05) is 36.7 Å². The fourth-order valence-electron chi connectivity index (χ4n) is 2.44. The van der Waals surface area contributed by atoms with Crippen LogP contribution in [0.3, 0.4) is 0 Å². The Morgan fingerprint density at radius 2 is 2.00 bits per heavy atom. The number of hydrogen-bond donors (Lipinski definition) is 2. The largest absolute Gasteiger partial charge is 0.497 e. The predicted molar refractivity (Wildman–Crippen MR) is 123 cm³/mol. The molecule has 0 aliphatic carbocycles. The fraction of sp³-hybridized carbons (Fsp3) is 0.526. The molecule has 7 nitrogen and oxygen atoms in total. The van der Waals surface area contributed by atoms with E-state index in [1.54, 1.807) is 14.2 Å². The van der Waals surface area contributed by atoms with E-state index in [4.69, 9.17) is 20.9 Å². The second-order valence-corrected chi connectivity index (χ2v) is 6.84. The Morgan fingerprint density at radius 3 is 2.61 bits per heavy atom. The Bertz CT molecular complexity index is 752. The van der Waals surface area contributed by atoms with Crippen LogP contribution in [0.15, 0.2) is 27.7 Å². The Balaban J connectivity index is 0.00000392. The number of rotatable bonds is 9. The molecule has 2 aromatic rings. The van der Waals surface area contributed by atoms with Crippen LogP contribution >= 0.6 is 35.6 Å². The lowest BCUT2D eigenvalue weighted by molar-refractivity contribution is 0.368. The van der Waals surface area contributed by atoms with E-state index >= 15 is 0 Å². The van der Waals surface area contributed by atoms with E-state index in [0.29, 0.717) is 10.9 Å². The highest BCUT2D eigenvalue weighted by atomic mass is 127. The molecule has 0 atom stereocenters. The first kappa shape index (κ1) is 24.5. The third-order valence-electron chi connectivity index (χ3n) is 4.03. The molecular weight excluding hydrogens is 493 g/mol. The Labute approximate surface area is 188 Å². The van der Waals surface area contributed by atoms with Crippen molar-refractivity contribution in [1.29, 1.82) is 0 Å². The minimum atomic E-state index is 0. The number of aliphatic imine (C=N–C) groups is 1. The maximum absolute atomic E-state index is 6.27. The topological polar surface area (TPSA) is 84.6 Å². The molecule has 2 rings (SSSR count). The molecule has 2 N–H and O–H groups in total. The maximum Gasteiger partial charge on any atom is 0.226 e. The van der Waals surface area contributed by atoms with Gasteiger partial charge in [-0.25, -0.2) is 0 Å². The molecule has 0 aliphatic rings. The summed E-state index contributed by atoms with van der Waals surface area (Å²) in [5.41, 5.74) is 1.07. The number of guanidine groups is 1. The van der Waals surface area contributed by atoms with E-state index in [1.807, 2.05) is 32.0 Å². The van der Waals surface area contributed by atoms with Crippen molar-refractivity contribution >= 4 is 41.5 Å². The highest BCUT2D eigenvalue weighted by Gasteiger charge is 2.09. The average molecular weight is 522 g/mol. The fourth-order valence-corrected chi connectivity index (χ4v) is 2.71. The van der Waals surface area contributed by atoms with Gasteiger partial charge in [0.15, 0.2) is 11.8 Å². The van der Waals surface area contributed by atoms with E-state index < -0.39 is 0 Å². The normalized spacial score (nSPS) is 11.3.